The van der Waals surface area contributed by atoms with Crippen LogP contribution in [0.15, 0.2) is 42.7 Å². The molecule has 2 aromatic carbocycles. The second kappa shape index (κ2) is 12.3. The predicted octanol–water partition coefficient (Wildman–Crippen LogP) is 5.15. The quantitative estimate of drug-likeness (QED) is 0.202. The highest BCUT2D eigenvalue weighted by atomic mass is 35.5. The third-order valence-electron chi connectivity index (χ3n) is 3.99. The van der Waals surface area contributed by atoms with Crippen molar-refractivity contribution in [1.82, 2.24) is 0 Å². The van der Waals surface area contributed by atoms with E-state index in [1.54, 1.807) is 18.2 Å². The van der Waals surface area contributed by atoms with Gasteiger partial charge in [0.1, 0.15) is 24.5 Å². The van der Waals surface area contributed by atoms with Crippen LogP contribution in [0, 0.1) is 0 Å². The molecule has 30 heavy (non-hydrogen) atoms. The first kappa shape index (κ1) is 23.9. The predicted molar refractivity (Wildman–Crippen MR) is 116 cm³/mol. The van der Waals surface area contributed by atoms with E-state index in [0.717, 1.165) is 5.56 Å². The molecule has 2 aromatic rings. The molecule has 0 unspecified atom stereocenters. The molecule has 0 bridgehead atoms. The summed E-state index contributed by atoms with van der Waals surface area (Å²) in [5.41, 5.74) is 1.68. The average molecular weight is 455 g/mol. The van der Waals surface area contributed by atoms with Crippen LogP contribution < -0.4 is 9.47 Å². The molecular formula is C22H24Cl2O6. The van der Waals surface area contributed by atoms with Crippen LogP contribution in [0.25, 0.3) is 5.57 Å². The maximum atomic E-state index is 12.1. The van der Waals surface area contributed by atoms with Gasteiger partial charge in [0.05, 0.1) is 37.1 Å². The Morgan fingerprint density at radius 1 is 1.03 bits per heavy atom. The van der Waals surface area contributed by atoms with E-state index in [0.29, 0.717) is 46.9 Å². The molecule has 0 aromatic heterocycles. The van der Waals surface area contributed by atoms with E-state index < -0.39 is 5.97 Å². The molecule has 0 aliphatic rings. The summed E-state index contributed by atoms with van der Waals surface area (Å²) in [6.07, 6.45) is 1.34. The molecule has 8 heteroatoms. The lowest BCUT2D eigenvalue weighted by molar-refractivity contribution is -0.133. The summed E-state index contributed by atoms with van der Waals surface area (Å²) in [7, 11) is 2.77. The van der Waals surface area contributed by atoms with Crippen molar-refractivity contribution in [3.05, 3.63) is 63.8 Å². The zero-order valence-electron chi connectivity index (χ0n) is 17.1. The smallest absolute Gasteiger partial charge is 0.341 e. The molecule has 0 radical (unpaired) electrons. The van der Waals surface area contributed by atoms with Crippen LogP contribution in [0.2, 0.25) is 10.0 Å². The number of benzene rings is 2. The highest BCUT2D eigenvalue weighted by Gasteiger charge is 2.17. The molecule has 0 saturated carbocycles. The minimum absolute atomic E-state index is 0.172. The third-order valence-corrected chi connectivity index (χ3v) is 4.55. The second-order valence-electron chi connectivity index (χ2n) is 5.97. The normalized spacial score (nSPS) is 11.2. The first-order valence-electron chi connectivity index (χ1n) is 9.23. The van der Waals surface area contributed by atoms with E-state index in [4.69, 9.17) is 46.9 Å². The van der Waals surface area contributed by atoms with Gasteiger partial charge in [-0.1, -0.05) is 47.5 Å². The number of methoxy groups -OCH3 is 2. The van der Waals surface area contributed by atoms with E-state index >= 15 is 0 Å². The van der Waals surface area contributed by atoms with Crippen molar-refractivity contribution in [3.8, 4) is 11.5 Å². The second-order valence-corrected chi connectivity index (χ2v) is 6.78. The van der Waals surface area contributed by atoms with E-state index in [2.05, 4.69) is 0 Å². The van der Waals surface area contributed by atoms with Gasteiger partial charge in [-0.05, 0) is 18.1 Å². The van der Waals surface area contributed by atoms with Crippen LogP contribution in [0.4, 0.5) is 0 Å². The monoisotopic (exact) mass is 454 g/mol. The molecule has 0 heterocycles. The molecule has 0 spiro atoms. The zero-order valence-corrected chi connectivity index (χ0v) is 18.6. The number of halogens is 2. The van der Waals surface area contributed by atoms with E-state index in [1.807, 2.05) is 25.1 Å². The molecule has 0 aliphatic carbocycles. The Morgan fingerprint density at radius 2 is 1.73 bits per heavy atom. The van der Waals surface area contributed by atoms with Crippen molar-refractivity contribution >= 4 is 34.7 Å². The van der Waals surface area contributed by atoms with Crippen LogP contribution in [-0.2, 0) is 25.6 Å². The summed E-state index contributed by atoms with van der Waals surface area (Å²) in [5, 5.41) is 0.661. The minimum atomic E-state index is -0.510. The Balaban J connectivity index is 2.16. The Hall–Kier alpha value is -2.41. The van der Waals surface area contributed by atoms with Crippen molar-refractivity contribution in [1.29, 1.82) is 0 Å². The summed E-state index contributed by atoms with van der Waals surface area (Å²) in [5.74, 6) is 0.332. The van der Waals surface area contributed by atoms with Gasteiger partial charge in [0, 0.05) is 18.7 Å². The van der Waals surface area contributed by atoms with Crippen LogP contribution in [0.1, 0.15) is 18.1 Å². The van der Waals surface area contributed by atoms with Crippen molar-refractivity contribution in [2.24, 2.45) is 0 Å². The fourth-order valence-electron chi connectivity index (χ4n) is 2.62. The third kappa shape index (κ3) is 6.55. The van der Waals surface area contributed by atoms with Crippen LogP contribution >= 0.6 is 23.2 Å². The molecule has 0 atom stereocenters. The van der Waals surface area contributed by atoms with Crippen LogP contribution in [0.3, 0.4) is 0 Å². The Kier molecular flexibility index (Phi) is 9.80. The molecule has 0 N–H and O–H groups in total. The number of ether oxygens (including phenoxy) is 5. The van der Waals surface area contributed by atoms with E-state index in [9.17, 15) is 4.79 Å². The minimum Gasteiger partial charge on any atom is -0.503 e. The molecule has 0 amide bonds. The standard InChI is InChI=1S/C22H24Cl2O6/c1-4-28-9-10-29-21-19(23)11-16(12-20(21)24)30-13-15-7-5-6-8-17(15)18(14-26-2)22(25)27-3/h5-8,11-12,14H,4,9-10,13H2,1-3H3/b18-14+. The van der Waals surface area contributed by atoms with Gasteiger partial charge in [-0.3, -0.25) is 0 Å². The maximum Gasteiger partial charge on any atom is 0.341 e. The fraction of sp³-hybridized carbons (Fsp3) is 0.318. The van der Waals surface area contributed by atoms with Gasteiger partial charge in [-0.15, -0.1) is 0 Å². The molecule has 0 saturated heterocycles. The summed E-state index contributed by atoms with van der Waals surface area (Å²) in [6.45, 7) is 3.46. The van der Waals surface area contributed by atoms with Crippen molar-refractivity contribution in [2.75, 3.05) is 34.0 Å². The number of rotatable bonds is 11. The first-order valence-corrected chi connectivity index (χ1v) is 9.99. The Labute approximate surface area is 186 Å². The highest BCUT2D eigenvalue weighted by Crippen LogP contribution is 2.37. The largest absolute Gasteiger partial charge is 0.503 e. The maximum absolute atomic E-state index is 12.1. The van der Waals surface area contributed by atoms with Gasteiger partial charge >= 0.3 is 5.97 Å². The number of carbonyl (C=O) groups is 1. The van der Waals surface area contributed by atoms with Crippen molar-refractivity contribution in [3.63, 3.8) is 0 Å². The number of carbonyl (C=O) groups excluding carboxylic acids is 1. The van der Waals surface area contributed by atoms with Crippen LogP contribution in [-0.4, -0.2) is 40.0 Å². The first-order chi connectivity index (χ1) is 14.5. The Bertz CT molecular complexity index is 859. The van der Waals surface area contributed by atoms with E-state index in [-0.39, 0.29) is 12.2 Å². The summed E-state index contributed by atoms with van der Waals surface area (Å²) in [4.78, 5) is 12.1. The lowest BCUT2D eigenvalue weighted by atomic mass is 10.0. The number of esters is 1. The van der Waals surface area contributed by atoms with Crippen molar-refractivity contribution in [2.45, 2.75) is 13.5 Å². The van der Waals surface area contributed by atoms with Gasteiger partial charge in [0.2, 0.25) is 0 Å². The van der Waals surface area contributed by atoms with Gasteiger partial charge < -0.3 is 23.7 Å². The Morgan fingerprint density at radius 3 is 2.37 bits per heavy atom. The van der Waals surface area contributed by atoms with Gasteiger partial charge in [0.25, 0.3) is 0 Å². The number of hydrogen-bond donors (Lipinski definition) is 0. The average Bonchev–Trinajstić information content (AvgIpc) is 2.75. The van der Waals surface area contributed by atoms with Crippen molar-refractivity contribution < 1.29 is 28.5 Å². The van der Waals surface area contributed by atoms with Gasteiger partial charge in [0.15, 0.2) is 5.75 Å². The fourth-order valence-corrected chi connectivity index (χ4v) is 3.20. The molecule has 6 nitrogen and oxygen atoms in total. The zero-order chi connectivity index (χ0) is 21.9. The van der Waals surface area contributed by atoms with Gasteiger partial charge in [-0.25, -0.2) is 4.79 Å². The summed E-state index contributed by atoms with van der Waals surface area (Å²) >= 11 is 12.6. The molecule has 162 valence electrons. The number of hydrogen-bond acceptors (Lipinski definition) is 6. The SMILES string of the molecule is CCOCCOc1c(Cl)cc(OCc2ccccc2/C(=C\OC)C(=O)OC)cc1Cl. The van der Waals surface area contributed by atoms with E-state index in [1.165, 1.54) is 20.5 Å². The summed E-state index contributed by atoms with van der Waals surface area (Å²) < 4.78 is 26.6. The topological polar surface area (TPSA) is 63.2 Å². The molecular weight excluding hydrogens is 431 g/mol. The van der Waals surface area contributed by atoms with Crippen LogP contribution in [0.5, 0.6) is 11.5 Å². The summed E-state index contributed by atoms with van der Waals surface area (Å²) in [6, 6.07) is 10.5. The van der Waals surface area contributed by atoms with Gasteiger partial charge in [-0.2, -0.15) is 0 Å². The highest BCUT2D eigenvalue weighted by molar-refractivity contribution is 6.37. The lowest BCUT2D eigenvalue weighted by Crippen LogP contribution is -2.08. The molecule has 2 rings (SSSR count). The lowest BCUT2D eigenvalue weighted by Gasteiger charge is -2.15. The molecule has 0 aliphatic heterocycles. The molecule has 0 fully saturated rings.